The number of ether oxygens (including phenoxy) is 1. The van der Waals surface area contributed by atoms with E-state index in [1.807, 2.05) is 74.5 Å². The number of rotatable bonds is 7. The van der Waals surface area contributed by atoms with Crippen molar-refractivity contribution in [2.75, 3.05) is 6.61 Å². The molecule has 0 fully saturated rings. The minimum atomic E-state index is -4.52. The summed E-state index contributed by atoms with van der Waals surface area (Å²) >= 11 is 0. The Kier molecular flexibility index (Phi) is 11.0. The lowest BCUT2D eigenvalue weighted by Gasteiger charge is -2.33. The van der Waals surface area contributed by atoms with Gasteiger partial charge in [-0.3, -0.25) is 4.99 Å². The van der Waals surface area contributed by atoms with Crippen molar-refractivity contribution in [1.82, 2.24) is 0 Å². The molecule has 0 heterocycles. The number of alkyl halides is 3. The summed E-state index contributed by atoms with van der Waals surface area (Å²) in [5, 5.41) is 0. The van der Waals surface area contributed by atoms with Crippen LogP contribution in [-0.2, 0) is 10.2 Å². The fourth-order valence-corrected chi connectivity index (χ4v) is 4.19. The summed E-state index contributed by atoms with van der Waals surface area (Å²) in [6.45, 7) is 9.61. The zero-order valence-electron chi connectivity index (χ0n) is 24.2. The molecule has 4 rings (SSSR count). The summed E-state index contributed by atoms with van der Waals surface area (Å²) in [5.41, 5.74) is 1.68. The Hall–Kier alpha value is -4.19. The summed E-state index contributed by atoms with van der Waals surface area (Å²) in [5.74, 6) is 0.418. The number of benzene rings is 4. The summed E-state index contributed by atoms with van der Waals surface area (Å²) in [6.07, 6.45) is -3.27. The maximum Gasteiger partial charge on any atom is 0.402 e. The van der Waals surface area contributed by atoms with Crippen LogP contribution in [0.15, 0.2) is 119 Å². The highest BCUT2D eigenvalue weighted by atomic mass is 19.4. The average Bonchev–Trinajstić information content (AvgIpc) is 2.98. The molecule has 3 nitrogen and oxygen atoms in total. The first-order valence-electron chi connectivity index (χ1n) is 13.8. The van der Waals surface area contributed by atoms with Crippen LogP contribution in [0.1, 0.15) is 63.3 Å². The summed E-state index contributed by atoms with van der Waals surface area (Å²) in [4.78, 5) is 9.11. The summed E-state index contributed by atoms with van der Waals surface area (Å²) in [6, 6.07) is 31.4. The lowest BCUT2D eigenvalue weighted by atomic mass is 9.75. The topological polar surface area (TPSA) is 34.0 Å². The van der Waals surface area contributed by atoms with Crippen LogP contribution in [0, 0.1) is 0 Å². The van der Waals surface area contributed by atoms with E-state index in [4.69, 9.17) is 4.74 Å². The SMILES string of the molecule is CCC.CCOC(=Nc1ccc(C(C)(c2ccc(N=C(C)c3ccccc3)cc2)C(F)(F)F)cc1)c1ccccc1. The highest BCUT2D eigenvalue weighted by molar-refractivity contribution is 6.00. The molecule has 0 saturated carbocycles. The van der Waals surface area contributed by atoms with Crippen molar-refractivity contribution in [3.8, 4) is 0 Å². The van der Waals surface area contributed by atoms with Crippen molar-refractivity contribution >= 4 is 23.0 Å². The molecule has 0 bridgehead atoms. The molecule has 1 atom stereocenters. The zero-order valence-corrected chi connectivity index (χ0v) is 24.2. The molecule has 0 spiro atoms. The molecule has 214 valence electrons. The van der Waals surface area contributed by atoms with E-state index < -0.39 is 11.6 Å². The van der Waals surface area contributed by atoms with Gasteiger partial charge in [0.05, 0.1) is 18.0 Å². The molecule has 0 aliphatic carbocycles. The number of hydrogen-bond acceptors (Lipinski definition) is 3. The lowest BCUT2D eigenvalue weighted by molar-refractivity contribution is -0.173. The standard InChI is InChI=1S/C32H29F3N2O.C3H8/c1-4-38-30(25-13-9-6-10-14-25)37-29-21-17-27(18-22-29)31(3,32(33,34)35)26-15-19-28(20-16-26)36-23(2)24-11-7-5-8-12-24;1-3-2/h5-22H,4H2,1-3H3;3H2,1-2H3. The van der Waals surface area contributed by atoms with Gasteiger partial charge in [0.25, 0.3) is 0 Å². The molecule has 0 saturated heterocycles. The minimum Gasteiger partial charge on any atom is -0.478 e. The van der Waals surface area contributed by atoms with Gasteiger partial charge in [-0.2, -0.15) is 13.2 Å². The normalized spacial score (nSPS) is 13.6. The van der Waals surface area contributed by atoms with E-state index in [0.29, 0.717) is 23.9 Å². The molecule has 4 aromatic rings. The van der Waals surface area contributed by atoms with Gasteiger partial charge < -0.3 is 4.74 Å². The lowest BCUT2D eigenvalue weighted by Crippen LogP contribution is -2.40. The second-order valence-corrected chi connectivity index (χ2v) is 9.70. The van der Waals surface area contributed by atoms with E-state index >= 15 is 0 Å². The maximum absolute atomic E-state index is 14.6. The van der Waals surface area contributed by atoms with E-state index in [0.717, 1.165) is 16.8 Å². The Morgan fingerprint density at radius 2 is 1.05 bits per heavy atom. The maximum atomic E-state index is 14.6. The van der Waals surface area contributed by atoms with Crippen molar-refractivity contribution in [1.29, 1.82) is 0 Å². The van der Waals surface area contributed by atoms with Crippen LogP contribution in [0.5, 0.6) is 0 Å². The molecule has 1 unspecified atom stereocenters. The minimum absolute atomic E-state index is 0.123. The zero-order chi connectivity index (χ0) is 29.9. The Bertz CT molecular complexity index is 1410. The number of nitrogens with zero attached hydrogens (tertiary/aromatic N) is 2. The molecule has 0 aromatic heterocycles. The van der Waals surface area contributed by atoms with Gasteiger partial charge in [-0.25, -0.2) is 4.99 Å². The molecular weight excluding hydrogens is 521 g/mol. The van der Waals surface area contributed by atoms with Gasteiger partial charge in [-0.05, 0) is 73.9 Å². The van der Waals surface area contributed by atoms with E-state index in [-0.39, 0.29) is 11.1 Å². The van der Waals surface area contributed by atoms with Crippen molar-refractivity contribution in [2.24, 2.45) is 9.98 Å². The van der Waals surface area contributed by atoms with Gasteiger partial charge in [0, 0.05) is 11.3 Å². The smallest absolute Gasteiger partial charge is 0.402 e. The largest absolute Gasteiger partial charge is 0.478 e. The molecule has 41 heavy (non-hydrogen) atoms. The molecule has 6 heteroatoms. The van der Waals surface area contributed by atoms with Crippen LogP contribution < -0.4 is 0 Å². The molecule has 0 radical (unpaired) electrons. The first-order valence-corrected chi connectivity index (χ1v) is 13.8. The van der Waals surface area contributed by atoms with Crippen molar-refractivity contribution in [3.63, 3.8) is 0 Å². The third kappa shape index (κ3) is 7.94. The van der Waals surface area contributed by atoms with Gasteiger partial charge in [0.2, 0.25) is 5.90 Å². The quantitative estimate of drug-likeness (QED) is 0.164. The first-order chi connectivity index (χ1) is 19.6. The van der Waals surface area contributed by atoms with E-state index in [9.17, 15) is 13.2 Å². The van der Waals surface area contributed by atoms with Crippen LogP contribution in [0.3, 0.4) is 0 Å². The Labute approximate surface area is 241 Å². The van der Waals surface area contributed by atoms with Gasteiger partial charge in [0.1, 0.15) is 5.41 Å². The van der Waals surface area contributed by atoms with Crippen LogP contribution in [0.2, 0.25) is 0 Å². The second kappa shape index (κ2) is 14.4. The highest BCUT2D eigenvalue weighted by Gasteiger charge is 2.53. The monoisotopic (exact) mass is 558 g/mol. The van der Waals surface area contributed by atoms with Crippen LogP contribution >= 0.6 is 0 Å². The van der Waals surface area contributed by atoms with Crippen molar-refractivity contribution in [3.05, 3.63) is 131 Å². The first kappa shape index (κ1) is 31.3. The predicted octanol–water partition coefficient (Wildman–Crippen LogP) is 10.2. The number of aliphatic imine (C=N–C) groups is 2. The third-order valence-electron chi connectivity index (χ3n) is 6.48. The van der Waals surface area contributed by atoms with Crippen LogP contribution in [0.4, 0.5) is 24.5 Å². The van der Waals surface area contributed by atoms with Crippen molar-refractivity contribution in [2.45, 2.75) is 52.6 Å². The Balaban J connectivity index is 0.00000147. The van der Waals surface area contributed by atoms with Crippen LogP contribution in [0.25, 0.3) is 0 Å². The second-order valence-electron chi connectivity index (χ2n) is 9.70. The van der Waals surface area contributed by atoms with Gasteiger partial charge in [-0.15, -0.1) is 0 Å². The molecule has 0 aliphatic rings. The fourth-order valence-electron chi connectivity index (χ4n) is 4.19. The third-order valence-corrected chi connectivity index (χ3v) is 6.48. The fraction of sp³-hybridized carbons (Fsp3) is 0.257. The summed E-state index contributed by atoms with van der Waals surface area (Å²) < 4.78 is 49.4. The van der Waals surface area contributed by atoms with Gasteiger partial charge in [-0.1, -0.05) is 93.1 Å². The van der Waals surface area contributed by atoms with Crippen LogP contribution in [-0.4, -0.2) is 24.4 Å². The number of halogens is 3. The molecule has 0 aliphatic heterocycles. The van der Waals surface area contributed by atoms with Crippen molar-refractivity contribution < 1.29 is 17.9 Å². The molecular formula is C35H37F3N2O. The molecule has 0 amide bonds. The van der Waals surface area contributed by atoms with Gasteiger partial charge >= 0.3 is 6.18 Å². The molecule has 0 N–H and O–H groups in total. The van der Waals surface area contributed by atoms with E-state index in [2.05, 4.69) is 23.8 Å². The number of hydrogen-bond donors (Lipinski definition) is 0. The van der Waals surface area contributed by atoms with E-state index in [1.54, 1.807) is 24.3 Å². The average molecular weight is 559 g/mol. The summed E-state index contributed by atoms with van der Waals surface area (Å²) in [7, 11) is 0. The predicted molar refractivity (Wildman–Crippen MR) is 164 cm³/mol. The highest BCUT2D eigenvalue weighted by Crippen LogP contribution is 2.46. The van der Waals surface area contributed by atoms with Gasteiger partial charge in [0.15, 0.2) is 0 Å². The molecule has 4 aromatic carbocycles. The van der Waals surface area contributed by atoms with E-state index in [1.165, 1.54) is 37.6 Å². The Morgan fingerprint density at radius 3 is 1.46 bits per heavy atom. The Morgan fingerprint density at radius 1 is 0.634 bits per heavy atom.